The average molecular weight is 377 g/mol. The van der Waals surface area contributed by atoms with Crippen LogP contribution in [0.15, 0.2) is 54.9 Å². The van der Waals surface area contributed by atoms with Crippen LogP contribution in [0, 0.1) is 0 Å². The lowest BCUT2D eigenvalue weighted by Gasteiger charge is -2.10. The third kappa shape index (κ3) is 4.91. The maximum atomic E-state index is 12.8. The molecule has 6 nitrogen and oxygen atoms in total. The molecule has 0 radical (unpaired) electrons. The first-order valence-corrected chi connectivity index (χ1v) is 9.34. The second kappa shape index (κ2) is 9.60. The van der Waals surface area contributed by atoms with Gasteiger partial charge in [-0.3, -0.25) is 14.6 Å². The molecule has 1 N–H and O–H groups in total. The standard InChI is InChI=1S/C22H23N3O3/c1-28-21(26)11-3-2-6-13-24-22(27)18-14-20(16-8-7-12-23-15-16)25-19-10-5-4-9-17(18)19/h4-5,7-10,12,14-15H,2-3,6,11,13H2,1H3,(H,24,27). The molecule has 1 aromatic carbocycles. The molecule has 28 heavy (non-hydrogen) atoms. The number of pyridine rings is 2. The van der Waals surface area contributed by atoms with Gasteiger partial charge in [-0.2, -0.15) is 0 Å². The summed E-state index contributed by atoms with van der Waals surface area (Å²) in [6, 6.07) is 13.2. The molecule has 0 saturated carbocycles. The van der Waals surface area contributed by atoms with Gasteiger partial charge in [-0.1, -0.05) is 24.6 Å². The minimum absolute atomic E-state index is 0.128. The van der Waals surface area contributed by atoms with Crippen molar-refractivity contribution in [3.63, 3.8) is 0 Å². The number of aromatic nitrogens is 2. The summed E-state index contributed by atoms with van der Waals surface area (Å²) < 4.78 is 4.62. The van der Waals surface area contributed by atoms with E-state index in [-0.39, 0.29) is 11.9 Å². The first-order valence-electron chi connectivity index (χ1n) is 9.34. The Hall–Kier alpha value is -3.28. The molecular formula is C22H23N3O3. The van der Waals surface area contributed by atoms with Gasteiger partial charge in [0, 0.05) is 36.3 Å². The van der Waals surface area contributed by atoms with Crippen molar-refractivity contribution >= 4 is 22.8 Å². The number of esters is 1. The van der Waals surface area contributed by atoms with Crippen LogP contribution in [0.1, 0.15) is 36.0 Å². The highest BCUT2D eigenvalue weighted by Gasteiger charge is 2.13. The highest BCUT2D eigenvalue weighted by atomic mass is 16.5. The molecule has 0 bridgehead atoms. The van der Waals surface area contributed by atoms with Crippen LogP contribution in [0.25, 0.3) is 22.2 Å². The normalized spacial score (nSPS) is 10.6. The van der Waals surface area contributed by atoms with Crippen LogP contribution in [-0.4, -0.2) is 35.5 Å². The van der Waals surface area contributed by atoms with Crippen LogP contribution >= 0.6 is 0 Å². The van der Waals surface area contributed by atoms with Gasteiger partial charge in [0.05, 0.1) is 23.9 Å². The second-order valence-electron chi connectivity index (χ2n) is 6.46. The quantitative estimate of drug-likeness (QED) is 0.477. The number of hydrogen-bond acceptors (Lipinski definition) is 5. The molecule has 0 saturated heterocycles. The molecular weight excluding hydrogens is 354 g/mol. The number of ether oxygens (including phenoxy) is 1. The highest BCUT2D eigenvalue weighted by Crippen LogP contribution is 2.24. The van der Waals surface area contributed by atoms with E-state index in [0.717, 1.165) is 41.4 Å². The van der Waals surface area contributed by atoms with Gasteiger partial charge in [-0.25, -0.2) is 4.98 Å². The summed E-state index contributed by atoms with van der Waals surface area (Å²) >= 11 is 0. The molecule has 1 amide bonds. The fraction of sp³-hybridized carbons (Fsp3) is 0.273. The van der Waals surface area contributed by atoms with Gasteiger partial charge >= 0.3 is 5.97 Å². The third-order valence-electron chi connectivity index (χ3n) is 4.49. The van der Waals surface area contributed by atoms with E-state index in [0.29, 0.717) is 18.5 Å². The lowest BCUT2D eigenvalue weighted by molar-refractivity contribution is -0.140. The molecule has 3 aromatic rings. The average Bonchev–Trinajstić information content (AvgIpc) is 2.75. The first-order chi connectivity index (χ1) is 13.7. The van der Waals surface area contributed by atoms with E-state index < -0.39 is 0 Å². The number of carbonyl (C=O) groups is 2. The first kappa shape index (κ1) is 19.5. The number of para-hydroxylation sites is 1. The van der Waals surface area contributed by atoms with Crippen molar-refractivity contribution in [2.75, 3.05) is 13.7 Å². The number of amides is 1. The maximum absolute atomic E-state index is 12.8. The van der Waals surface area contributed by atoms with Crippen LogP contribution in [0.5, 0.6) is 0 Å². The van der Waals surface area contributed by atoms with Gasteiger partial charge in [0.25, 0.3) is 5.91 Å². The number of fused-ring (bicyclic) bond motifs is 1. The number of carbonyl (C=O) groups excluding carboxylic acids is 2. The Morgan fingerprint density at radius 3 is 2.71 bits per heavy atom. The van der Waals surface area contributed by atoms with Crippen LogP contribution in [0.3, 0.4) is 0 Å². The summed E-state index contributed by atoms with van der Waals surface area (Å²) in [4.78, 5) is 32.7. The summed E-state index contributed by atoms with van der Waals surface area (Å²) in [6.45, 7) is 0.554. The summed E-state index contributed by atoms with van der Waals surface area (Å²) in [5.74, 6) is -0.327. The summed E-state index contributed by atoms with van der Waals surface area (Å²) in [5, 5.41) is 3.79. The molecule has 0 fully saturated rings. The van der Waals surface area contributed by atoms with Crippen molar-refractivity contribution in [3.8, 4) is 11.3 Å². The van der Waals surface area contributed by atoms with Crippen LogP contribution in [0.2, 0.25) is 0 Å². The van der Waals surface area contributed by atoms with Gasteiger partial charge in [-0.05, 0) is 37.1 Å². The van der Waals surface area contributed by atoms with E-state index in [4.69, 9.17) is 0 Å². The van der Waals surface area contributed by atoms with E-state index in [2.05, 4.69) is 20.0 Å². The van der Waals surface area contributed by atoms with E-state index in [1.807, 2.05) is 42.5 Å². The van der Waals surface area contributed by atoms with Gasteiger partial charge in [0.1, 0.15) is 0 Å². The lowest BCUT2D eigenvalue weighted by Crippen LogP contribution is -2.25. The minimum Gasteiger partial charge on any atom is -0.469 e. The van der Waals surface area contributed by atoms with Gasteiger partial charge in [0.2, 0.25) is 0 Å². The van der Waals surface area contributed by atoms with Crippen molar-refractivity contribution in [1.29, 1.82) is 0 Å². The third-order valence-corrected chi connectivity index (χ3v) is 4.49. The summed E-state index contributed by atoms with van der Waals surface area (Å²) in [5.41, 5.74) is 2.95. The zero-order valence-corrected chi connectivity index (χ0v) is 15.9. The predicted molar refractivity (Wildman–Crippen MR) is 108 cm³/mol. The van der Waals surface area contributed by atoms with Crippen molar-refractivity contribution in [2.45, 2.75) is 25.7 Å². The maximum Gasteiger partial charge on any atom is 0.305 e. The number of benzene rings is 1. The van der Waals surface area contributed by atoms with Crippen molar-refractivity contribution in [2.24, 2.45) is 0 Å². The molecule has 2 heterocycles. The smallest absolute Gasteiger partial charge is 0.305 e. The minimum atomic E-state index is -0.199. The molecule has 0 aliphatic heterocycles. The van der Waals surface area contributed by atoms with Crippen LogP contribution in [0.4, 0.5) is 0 Å². The Balaban J connectivity index is 1.70. The SMILES string of the molecule is COC(=O)CCCCCNC(=O)c1cc(-c2cccnc2)nc2ccccc12. The van der Waals surface area contributed by atoms with E-state index in [1.165, 1.54) is 7.11 Å². The lowest BCUT2D eigenvalue weighted by atomic mass is 10.0. The molecule has 144 valence electrons. The van der Waals surface area contributed by atoms with Crippen molar-refractivity contribution in [1.82, 2.24) is 15.3 Å². The van der Waals surface area contributed by atoms with Crippen LogP contribution in [-0.2, 0) is 9.53 Å². The Kier molecular flexibility index (Phi) is 6.68. The van der Waals surface area contributed by atoms with E-state index in [9.17, 15) is 9.59 Å². The molecule has 0 aliphatic rings. The predicted octanol–water partition coefficient (Wildman–Crippen LogP) is 3.76. The zero-order valence-electron chi connectivity index (χ0n) is 15.9. The van der Waals surface area contributed by atoms with Crippen molar-refractivity contribution in [3.05, 3.63) is 60.4 Å². The number of methoxy groups -OCH3 is 1. The second-order valence-corrected chi connectivity index (χ2v) is 6.46. The molecule has 3 rings (SSSR count). The number of nitrogens with one attached hydrogen (secondary N) is 1. The fourth-order valence-corrected chi connectivity index (χ4v) is 3.00. The highest BCUT2D eigenvalue weighted by molar-refractivity contribution is 6.07. The summed E-state index contributed by atoms with van der Waals surface area (Å²) in [6.07, 6.45) is 6.27. The monoisotopic (exact) mass is 377 g/mol. The Morgan fingerprint density at radius 1 is 1.07 bits per heavy atom. The zero-order chi connectivity index (χ0) is 19.8. The fourth-order valence-electron chi connectivity index (χ4n) is 3.00. The van der Waals surface area contributed by atoms with Gasteiger partial charge < -0.3 is 10.1 Å². The molecule has 2 aromatic heterocycles. The number of unbranched alkanes of at least 4 members (excludes halogenated alkanes) is 2. The van der Waals surface area contributed by atoms with E-state index >= 15 is 0 Å². The Morgan fingerprint density at radius 2 is 1.93 bits per heavy atom. The number of nitrogens with zero attached hydrogens (tertiary/aromatic N) is 2. The Bertz CT molecular complexity index is 958. The number of rotatable bonds is 8. The molecule has 0 unspecified atom stereocenters. The molecule has 0 spiro atoms. The van der Waals surface area contributed by atoms with Gasteiger partial charge in [-0.15, -0.1) is 0 Å². The van der Waals surface area contributed by atoms with E-state index in [1.54, 1.807) is 12.4 Å². The largest absolute Gasteiger partial charge is 0.469 e. The molecule has 6 heteroatoms. The number of hydrogen-bond donors (Lipinski definition) is 1. The Labute approximate surface area is 164 Å². The summed E-state index contributed by atoms with van der Waals surface area (Å²) in [7, 11) is 1.39. The van der Waals surface area contributed by atoms with Gasteiger partial charge in [0.15, 0.2) is 0 Å². The topological polar surface area (TPSA) is 81.2 Å². The van der Waals surface area contributed by atoms with Crippen LogP contribution < -0.4 is 5.32 Å². The molecule has 0 aliphatic carbocycles. The van der Waals surface area contributed by atoms with Crippen molar-refractivity contribution < 1.29 is 14.3 Å². The molecule has 0 atom stereocenters.